The summed E-state index contributed by atoms with van der Waals surface area (Å²) in [5.41, 5.74) is -1.38. The largest absolute Gasteiger partial charge is 0.417 e. The molecule has 0 saturated carbocycles. The van der Waals surface area contributed by atoms with E-state index >= 15 is 0 Å². The van der Waals surface area contributed by atoms with E-state index in [1.807, 2.05) is 0 Å². The summed E-state index contributed by atoms with van der Waals surface area (Å²) < 4.78 is 51.9. The van der Waals surface area contributed by atoms with Gasteiger partial charge < -0.3 is 9.47 Å². The molecule has 9 heteroatoms. The van der Waals surface area contributed by atoms with E-state index in [4.69, 9.17) is 11.6 Å². The molecule has 0 spiro atoms. The van der Waals surface area contributed by atoms with E-state index in [0.29, 0.717) is 22.4 Å². The van der Waals surface area contributed by atoms with Crippen molar-refractivity contribution in [1.29, 1.82) is 0 Å². The highest BCUT2D eigenvalue weighted by atomic mass is 35.5. The Bertz CT molecular complexity index is 832. The van der Waals surface area contributed by atoms with E-state index < -0.39 is 40.6 Å². The number of hydrogen-bond acceptors (Lipinski definition) is 2. The van der Waals surface area contributed by atoms with Crippen molar-refractivity contribution in [3.63, 3.8) is 0 Å². The zero-order valence-corrected chi connectivity index (χ0v) is 13.7. The number of amides is 1. The van der Waals surface area contributed by atoms with Crippen LogP contribution in [0.3, 0.4) is 0 Å². The van der Waals surface area contributed by atoms with Crippen LogP contribution in [0.2, 0.25) is 5.02 Å². The van der Waals surface area contributed by atoms with Crippen LogP contribution >= 0.6 is 11.6 Å². The summed E-state index contributed by atoms with van der Waals surface area (Å²) in [7, 11) is 1.42. The van der Waals surface area contributed by atoms with Crippen LogP contribution in [0.1, 0.15) is 11.1 Å². The monoisotopic (exact) mass is 376 g/mol. The number of pyridine rings is 1. The van der Waals surface area contributed by atoms with Crippen molar-refractivity contribution in [2.45, 2.75) is 19.3 Å². The summed E-state index contributed by atoms with van der Waals surface area (Å²) in [5, 5.41) is -0.621. The van der Waals surface area contributed by atoms with Gasteiger partial charge in [-0.1, -0.05) is 23.7 Å². The molecule has 2 aromatic rings. The van der Waals surface area contributed by atoms with Gasteiger partial charge >= 0.3 is 6.18 Å². The molecule has 4 nitrogen and oxygen atoms in total. The van der Waals surface area contributed by atoms with Gasteiger partial charge in [-0.3, -0.25) is 9.59 Å². The molecule has 0 aliphatic rings. The minimum atomic E-state index is -4.69. The van der Waals surface area contributed by atoms with Crippen molar-refractivity contribution in [2.24, 2.45) is 0 Å². The third-order valence-electron chi connectivity index (χ3n) is 3.43. The first-order valence-corrected chi connectivity index (χ1v) is 7.41. The van der Waals surface area contributed by atoms with E-state index in [-0.39, 0.29) is 6.54 Å². The standard InChI is InChI=1S/C16H13ClF4N2O2/c1-22(7-10-2-4-12(18)5-3-10)14(24)9-23-8-11(16(19,20)21)6-13(17)15(23)25/h2-6,8H,7,9H2,1H3. The Hall–Kier alpha value is -2.35. The summed E-state index contributed by atoms with van der Waals surface area (Å²) in [6.07, 6.45) is -4.14. The van der Waals surface area contributed by atoms with E-state index in [1.54, 1.807) is 0 Å². The number of rotatable bonds is 4. The molecule has 1 amide bonds. The first-order valence-electron chi connectivity index (χ1n) is 7.03. The molecular formula is C16H13ClF4N2O2. The number of halogens is 5. The predicted molar refractivity (Wildman–Crippen MR) is 83.6 cm³/mol. The molecule has 0 radical (unpaired) electrons. The lowest BCUT2D eigenvalue weighted by atomic mass is 10.2. The van der Waals surface area contributed by atoms with Gasteiger partial charge in [-0.25, -0.2) is 4.39 Å². The van der Waals surface area contributed by atoms with Crippen LogP contribution in [0, 0.1) is 5.82 Å². The number of carbonyl (C=O) groups excluding carboxylic acids is 1. The van der Waals surface area contributed by atoms with Crippen LogP contribution in [0.25, 0.3) is 0 Å². The molecule has 25 heavy (non-hydrogen) atoms. The molecule has 0 aliphatic carbocycles. The van der Waals surface area contributed by atoms with E-state index in [2.05, 4.69) is 0 Å². The Balaban J connectivity index is 2.18. The molecule has 0 unspecified atom stereocenters. The van der Waals surface area contributed by atoms with E-state index in [0.717, 1.165) is 0 Å². The first kappa shape index (κ1) is 19.0. The number of aromatic nitrogens is 1. The fraction of sp³-hybridized carbons (Fsp3) is 0.250. The molecule has 0 atom stereocenters. The van der Waals surface area contributed by atoms with E-state index in [9.17, 15) is 27.2 Å². The third-order valence-corrected chi connectivity index (χ3v) is 3.70. The smallest absolute Gasteiger partial charge is 0.340 e. The maximum Gasteiger partial charge on any atom is 0.417 e. The zero-order valence-electron chi connectivity index (χ0n) is 13.0. The fourth-order valence-electron chi connectivity index (χ4n) is 2.09. The summed E-state index contributed by atoms with van der Waals surface area (Å²) >= 11 is 5.54. The lowest BCUT2D eigenvalue weighted by Crippen LogP contribution is -2.34. The highest BCUT2D eigenvalue weighted by Gasteiger charge is 2.32. The highest BCUT2D eigenvalue weighted by Crippen LogP contribution is 2.29. The Kier molecular flexibility index (Phi) is 5.52. The second-order valence-electron chi connectivity index (χ2n) is 5.38. The summed E-state index contributed by atoms with van der Waals surface area (Å²) in [5.74, 6) is -1.02. The maximum atomic E-state index is 12.9. The average Bonchev–Trinajstić information content (AvgIpc) is 2.52. The molecule has 2 rings (SSSR count). The van der Waals surface area contributed by atoms with Crippen molar-refractivity contribution in [3.8, 4) is 0 Å². The first-order chi connectivity index (χ1) is 11.6. The van der Waals surface area contributed by atoms with Gasteiger partial charge in [0.15, 0.2) is 0 Å². The van der Waals surface area contributed by atoms with Crippen LogP contribution in [0.5, 0.6) is 0 Å². The molecule has 134 valence electrons. The topological polar surface area (TPSA) is 42.3 Å². The van der Waals surface area contributed by atoms with Gasteiger partial charge in [0, 0.05) is 19.8 Å². The SMILES string of the molecule is CN(Cc1ccc(F)cc1)C(=O)Cn1cc(C(F)(F)F)cc(Cl)c1=O. The van der Waals surface area contributed by atoms with Crippen molar-refractivity contribution in [1.82, 2.24) is 9.47 Å². The molecule has 0 bridgehead atoms. The van der Waals surface area contributed by atoms with Crippen molar-refractivity contribution < 1.29 is 22.4 Å². The predicted octanol–water partition coefficient (Wildman–Crippen LogP) is 3.32. The number of hydrogen-bond donors (Lipinski definition) is 0. The normalized spacial score (nSPS) is 11.4. The van der Waals surface area contributed by atoms with Crippen LogP contribution in [-0.2, 0) is 24.1 Å². The second-order valence-corrected chi connectivity index (χ2v) is 5.79. The van der Waals surface area contributed by atoms with Crippen molar-refractivity contribution >= 4 is 17.5 Å². The quantitative estimate of drug-likeness (QED) is 0.768. The third kappa shape index (κ3) is 4.82. The number of benzene rings is 1. The van der Waals surface area contributed by atoms with Gasteiger partial charge in [0.1, 0.15) is 17.4 Å². The Morgan fingerprint density at radius 3 is 2.40 bits per heavy atom. The Morgan fingerprint density at radius 1 is 1.24 bits per heavy atom. The fourth-order valence-corrected chi connectivity index (χ4v) is 2.32. The number of alkyl halides is 3. The Labute approximate surface area is 145 Å². The van der Waals surface area contributed by atoms with Gasteiger partial charge in [-0.05, 0) is 23.8 Å². The van der Waals surface area contributed by atoms with Crippen LogP contribution in [-0.4, -0.2) is 22.4 Å². The van der Waals surface area contributed by atoms with Crippen LogP contribution in [0.15, 0.2) is 41.3 Å². The van der Waals surface area contributed by atoms with Gasteiger partial charge in [-0.2, -0.15) is 13.2 Å². The molecule has 0 saturated heterocycles. The summed E-state index contributed by atoms with van der Waals surface area (Å²) in [4.78, 5) is 25.2. The highest BCUT2D eigenvalue weighted by molar-refractivity contribution is 6.30. The van der Waals surface area contributed by atoms with Gasteiger partial charge in [-0.15, -0.1) is 0 Å². The maximum absolute atomic E-state index is 12.9. The molecule has 1 aromatic heterocycles. The summed E-state index contributed by atoms with van der Waals surface area (Å²) in [6.45, 7) is -0.485. The lowest BCUT2D eigenvalue weighted by Gasteiger charge is -2.19. The summed E-state index contributed by atoms with van der Waals surface area (Å²) in [6, 6.07) is 5.93. The Morgan fingerprint density at radius 2 is 1.84 bits per heavy atom. The van der Waals surface area contributed by atoms with Crippen LogP contribution < -0.4 is 5.56 Å². The van der Waals surface area contributed by atoms with Gasteiger partial charge in [0.25, 0.3) is 5.56 Å². The second kappa shape index (κ2) is 7.26. The molecule has 0 aliphatic heterocycles. The van der Waals surface area contributed by atoms with Crippen molar-refractivity contribution in [3.05, 3.63) is 68.8 Å². The molecule has 0 fully saturated rings. The lowest BCUT2D eigenvalue weighted by molar-refractivity contribution is -0.138. The molecular weight excluding hydrogens is 364 g/mol. The number of carbonyl (C=O) groups is 1. The minimum absolute atomic E-state index is 0.112. The van der Waals surface area contributed by atoms with Crippen molar-refractivity contribution in [2.75, 3.05) is 7.05 Å². The molecule has 0 N–H and O–H groups in total. The number of nitrogens with zero attached hydrogens (tertiary/aromatic N) is 2. The zero-order chi connectivity index (χ0) is 18.8. The van der Waals surface area contributed by atoms with Gasteiger partial charge in [0.05, 0.1) is 5.56 Å². The van der Waals surface area contributed by atoms with Crippen LogP contribution in [0.4, 0.5) is 17.6 Å². The van der Waals surface area contributed by atoms with E-state index in [1.165, 1.54) is 36.2 Å². The number of likely N-dealkylation sites (N-methyl/N-ethyl adjacent to an activating group) is 1. The van der Waals surface area contributed by atoms with Gasteiger partial charge in [0.2, 0.25) is 5.91 Å². The molecule has 1 aromatic carbocycles. The molecule has 1 heterocycles. The average molecular weight is 377 g/mol. The minimum Gasteiger partial charge on any atom is -0.340 e.